The molecular formula is C20H21F2N5O. The van der Waals surface area contributed by atoms with Crippen LogP contribution in [-0.4, -0.2) is 26.4 Å². The van der Waals surface area contributed by atoms with E-state index in [0.29, 0.717) is 29.9 Å². The van der Waals surface area contributed by atoms with E-state index >= 15 is 0 Å². The van der Waals surface area contributed by atoms with E-state index in [1.54, 1.807) is 23.9 Å². The molecule has 2 N–H and O–H groups in total. The third kappa shape index (κ3) is 3.42. The molecule has 1 saturated carbocycles. The number of halogens is 2. The van der Waals surface area contributed by atoms with Crippen LogP contribution in [-0.2, 0) is 6.54 Å². The second kappa shape index (κ2) is 7.18. The third-order valence-corrected chi connectivity index (χ3v) is 4.82. The van der Waals surface area contributed by atoms with Crippen LogP contribution in [0.15, 0.2) is 24.4 Å². The van der Waals surface area contributed by atoms with E-state index in [9.17, 15) is 8.78 Å². The second-order valence-electron chi connectivity index (χ2n) is 6.89. The summed E-state index contributed by atoms with van der Waals surface area (Å²) < 4.78 is 36.0. The predicted octanol–water partition coefficient (Wildman–Crippen LogP) is 3.83. The van der Waals surface area contributed by atoms with E-state index in [1.165, 1.54) is 12.1 Å². The van der Waals surface area contributed by atoms with E-state index in [2.05, 4.69) is 15.1 Å². The summed E-state index contributed by atoms with van der Waals surface area (Å²) in [6.45, 7) is 4.02. The van der Waals surface area contributed by atoms with Gasteiger partial charge in [0.15, 0.2) is 5.82 Å². The number of rotatable bonds is 6. The maximum atomic E-state index is 14.5. The Hall–Kier alpha value is -3.03. The average molecular weight is 385 g/mol. The summed E-state index contributed by atoms with van der Waals surface area (Å²) in [5.74, 6) is -0.0492. The van der Waals surface area contributed by atoms with Gasteiger partial charge in [-0.1, -0.05) is 0 Å². The molecule has 0 radical (unpaired) electrons. The van der Waals surface area contributed by atoms with Crippen LogP contribution in [0, 0.1) is 18.6 Å². The largest absolute Gasteiger partial charge is 0.494 e. The fraction of sp³-hybridized carbons (Fsp3) is 0.350. The zero-order valence-corrected chi connectivity index (χ0v) is 15.7. The van der Waals surface area contributed by atoms with Crippen molar-refractivity contribution < 1.29 is 13.5 Å². The predicted molar refractivity (Wildman–Crippen MR) is 101 cm³/mol. The topological polar surface area (TPSA) is 78.8 Å². The summed E-state index contributed by atoms with van der Waals surface area (Å²) in [6.07, 6.45) is 3.62. The highest BCUT2D eigenvalue weighted by Gasteiger charge is 2.32. The van der Waals surface area contributed by atoms with Gasteiger partial charge in [0.25, 0.3) is 0 Å². The van der Waals surface area contributed by atoms with Crippen molar-refractivity contribution in [2.24, 2.45) is 0 Å². The third-order valence-electron chi connectivity index (χ3n) is 4.82. The van der Waals surface area contributed by atoms with E-state index < -0.39 is 11.6 Å². The number of anilines is 1. The Bertz CT molecular complexity index is 1010. The molecular weight excluding hydrogens is 364 g/mol. The molecule has 1 aromatic carbocycles. The molecule has 0 spiro atoms. The van der Waals surface area contributed by atoms with Crippen molar-refractivity contribution in [2.45, 2.75) is 39.2 Å². The lowest BCUT2D eigenvalue weighted by Crippen LogP contribution is -2.10. The summed E-state index contributed by atoms with van der Waals surface area (Å²) in [5, 5.41) is 4.59. The van der Waals surface area contributed by atoms with Crippen LogP contribution in [0.1, 0.15) is 42.5 Å². The summed E-state index contributed by atoms with van der Waals surface area (Å²) in [4.78, 5) is 8.49. The van der Waals surface area contributed by atoms with Crippen molar-refractivity contribution in [3.8, 4) is 17.3 Å². The Labute approximate surface area is 161 Å². The van der Waals surface area contributed by atoms with Crippen LogP contribution in [0.3, 0.4) is 0 Å². The van der Waals surface area contributed by atoms with Gasteiger partial charge in [0.1, 0.15) is 28.9 Å². The van der Waals surface area contributed by atoms with Crippen molar-refractivity contribution in [1.82, 2.24) is 19.7 Å². The molecule has 0 aliphatic heterocycles. The molecule has 3 aromatic rings. The highest BCUT2D eigenvalue weighted by molar-refractivity contribution is 5.58. The van der Waals surface area contributed by atoms with Gasteiger partial charge in [-0.25, -0.2) is 18.7 Å². The van der Waals surface area contributed by atoms with Crippen molar-refractivity contribution in [3.63, 3.8) is 0 Å². The fourth-order valence-corrected chi connectivity index (χ4v) is 3.39. The molecule has 1 fully saturated rings. The van der Waals surface area contributed by atoms with Gasteiger partial charge in [-0.3, -0.25) is 4.68 Å². The quantitative estimate of drug-likeness (QED) is 0.698. The molecule has 0 unspecified atom stereocenters. The molecule has 0 bridgehead atoms. The van der Waals surface area contributed by atoms with Gasteiger partial charge in [0, 0.05) is 41.1 Å². The van der Waals surface area contributed by atoms with E-state index in [-0.39, 0.29) is 17.9 Å². The van der Waals surface area contributed by atoms with E-state index in [0.717, 1.165) is 24.1 Å². The molecule has 0 amide bonds. The van der Waals surface area contributed by atoms with Crippen LogP contribution in [0.5, 0.6) is 5.75 Å². The number of aromatic nitrogens is 4. The zero-order valence-electron chi connectivity index (χ0n) is 15.7. The summed E-state index contributed by atoms with van der Waals surface area (Å²) >= 11 is 0. The van der Waals surface area contributed by atoms with Crippen LogP contribution < -0.4 is 10.5 Å². The number of nitrogens with two attached hydrogens (primary N) is 1. The molecule has 146 valence electrons. The van der Waals surface area contributed by atoms with Gasteiger partial charge in [0.2, 0.25) is 0 Å². The molecule has 1 aliphatic rings. The number of ether oxygens (including phenoxy) is 1. The standard InChI is InChI=1S/C20H21F2N5O/c1-3-28-13-8-15(21)14(16(22)9-13)10-27-19(12-4-5-12)11(2)18(26-27)20-24-7-6-17(23)25-20/h6-9,12H,3-5,10H2,1-2H3,(H2,23,24,25). The van der Waals surface area contributed by atoms with Crippen molar-refractivity contribution >= 4 is 5.82 Å². The Balaban J connectivity index is 1.75. The van der Waals surface area contributed by atoms with Crippen LogP contribution in [0.25, 0.3) is 11.5 Å². The molecule has 0 atom stereocenters. The Morgan fingerprint density at radius 1 is 1.25 bits per heavy atom. The minimum absolute atomic E-state index is 0.0148. The van der Waals surface area contributed by atoms with Crippen LogP contribution in [0.4, 0.5) is 14.6 Å². The lowest BCUT2D eigenvalue weighted by Gasteiger charge is -2.11. The summed E-state index contributed by atoms with van der Waals surface area (Å²) in [5.41, 5.74) is 8.19. The maximum Gasteiger partial charge on any atom is 0.182 e. The Kier molecular flexibility index (Phi) is 4.70. The zero-order chi connectivity index (χ0) is 19.8. The number of nitrogen functional groups attached to an aromatic ring is 1. The van der Waals surface area contributed by atoms with E-state index in [1.807, 2.05) is 6.92 Å². The Morgan fingerprint density at radius 2 is 1.96 bits per heavy atom. The summed E-state index contributed by atoms with van der Waals surface area (Å²) in [7, 11) is 0. The molecule has 6 nitrogen and oxygen atoms in total. The number of hydrogen-bond donors (Lipinski definition) is 1. The minimum Gasteiger partial charge on any atom is -0.494 e. The van der Waals surface area contributed by atoms with Crippen LogP contribution >= 0.6 is 0 Å². The van der Waals surface area contributed by atoms with Gasteiger partial charge in [-0.2, -0.15) is 5.10 Å². The maximum absolute atomic E-state index is 14.5. The van der Waals surface area contributed by atoms with Crippen LogP contribution in [0.2, 0.25) is 0 Å². The normalized spacial score (nSPS) is 13.7. The first-order valence-corrected chi connectivity index (χ1v) is 9.24. The SMILES string of the molecule is CCOc1cc(F)c(Cn2nc(-c3nccc(N)n3)c(C)c2C2CC2)c(F)c1. The second-order valence-corrected chi connectivity index (χ2v) is 6.89. The van der Waals surface area contributed by atoms with Crippen molar-refractivity contribution in [3.05, 3.63) is 52.9 Å². The highest BCUT2D eigenvalue weighted by atomic mass is 19.1. The number of benzene rings is 1. The van der Waals surface area contributed by atoms with Gasteiger partial charge >= 0.3 is 0 Å². The Morgan fingerprint density at radius 3 is 2.57 bits per heavy atom. The first-order valence-electron chi connectivity index (χ1n) is 9.24. The minimum atomic E-state index is -0.653. The monoisotopic (exact) mass is 385 g/mol. The molecule has 1 aliphatic carbocycles. The average Bonchev–Trinajstić information content (AvgIpc) is 3.42. The lowest BCUT2D eigenvalue weighted by molar-refractivity contribution is 0.335. The number of hydrogen-bond acceptors (Lipinski definition) is 5. The smallest absolute Gasteiger partial charge is 0.182 e. The molecule has 2 aromatic heterocycles. The van der Waals surface area contributed by atoms with Gasteiger partial charge in [-0.15, -0.1) is 0 Å². The fourth-order valence-electron chi connectivity index (χ4n) is 3.39. The molecule has 0 saturated heterocycles. The lowest BCUT2D eigenvalue weighted by atomic mass is 10.1. The van der Waals surface area contributed by atoms with Gasteiger partial charge < -0.3 is 10.5 Å². The van der Waals surface area contributed by atoms with E-state index in [4.69, 9.17) is 10.5 Å². The molecule has 2 heterocycles. The first-order chi connectivity index (χ1) is 13.5. The van der Waals surface area contributed by atoms with Gasteiger partial charge in [0.05, 0.1) is 13.2 Å². The van der Waals surface area contributed by atoms with Gasteiger partial charge in [-0.05, 0) is 32.8 Å². The first kappa shape index (κ1) is 18.3. The molecule has 8 heteroatoms. The molecule has 4 rings (SSSR count). The van der Waals surface area contributed by atoms with Crippen molar-refractivity contribution in [2.75, 3.05) is 12.3 Å². The highest BCUT2D eigenvalue weighted by Crippen LogP contribution is 2.43. The van der Waals surface area contributed by atoms with Crippen molar-refractivity contribution in [1.29, 1.82) is 0 Å². The molecule has 28 heavy (non-hydrogen) atoms. The summed E-state index contributed by atoms with van der Waals surface area (Å²) in [6, 6.07) is 4.01. The number of nitrogens with zero attached hydrogens (tertiary/aromatic N) is 4.